The Morgan fingerprint density at radius 3 is 2.71 bits per heavy atom. The highest BCUT2D eigenvalue weighted by molar-refractivity contribution is 7.80. The Balaban J connectivity index is 2.23. The van der Waals surface area contributed by atoms with Crippen LogP contribution in [0.2, 0.25) is 0 Å². The molecular formula is C12H14N4S. The van der Waals surface area contributed by atoms with Crippen molar-refractivity contribution in [3.8, 4) is 0 Å². The van der Waals surface area contributed by atoms with Crippen molar-refractivity contribution >= 4 is 28.7 Å². The first kappa shape index (κ1) is 11.6. The minimum atomic E-state index is 0.423. The predicted molar refractivity (Wildman–Crippen MR) is 73.6 cm³/mol. The van der Waals surface area contributed by atoms with Crippen molar-refractivity contribution in [2.45, 2.75) is 6.92 Å². The number of rotatable bonds is 3. The molecule has 0 aliphatic heterocycles. The van der Waals surface area contributed by atoms with E-state index in [0.29, 0.717) is 4.99 Å². The van der Waals surface area contributed by atoms with Gasteiger partial charge in [0, 0.05) is 30.6 Å². The number of hydrogen-bond donors (Lipinski definition) is 2. The normalized spacial score (nSPS) is 10.2. The standard InChI is InChI=1S/C12H14N4S/c1-8-7-9(3-4-10(8)12(13)17)14-11-5-6-16(2)15-11/h3-7H,1-2H3,(H2,13,17)(H,14,15). The molecule has 0 aliphatic carbocycles. The molecule has 88 valence electrons. The van der Waals surface area contributed by atoms with Crippen molar-refractivity contribution in [2.24, 2.45) is 12.8 Å². The Bertz CT molecular complexity index is 559. The molecular weight excluding hydrogens is 232 g/mol. The van der Waals surface area contributed by atoms with Crippen LogP contribution in [0, 0.1) is 6.92 Å². The SMILES string of the molecule is Cc1cc(Nc2ccn(C)n2)ccc1C(N)=S. The van der Waals surface area contributed by atoms with Crippen molar-refractivity contribution in [1.82, 2.24) is 9.78 Å². The molecule has 2 rings (SSSR count). The fourth-order valence-electron chi connectivity index (χ4n) is 1.65. The highest BCUT2D eigenvalue weighted by Crippen LogP contribution is 2.18. The number of hydrogen-bond acceptors (Lipinski definition) is 3. The summed E-state index contributed by atoms with van der Waals surface area (Å²) >= 11 is 4.97. The largest absolute Gasteiger partial charge is 0.389 e. The van der Waals surface area contributed by atoms with E-state index >= 15 is 0 Å². The van der Waals surface area contributed by atoms with Crippen LogP contribution in [0.4, 0.5) is 11.5 Å². The van der Waals surface area contributed by atoms with Crippen LogP contribution in [-0.2, 0) is 7.05 Å². The quantitative estimate of drug-likeness (QED) is 0.814. The lowest BCUT2D eigenvalue weighted by Gasteiger charge is -2.07. The summed E-state index contributed by atoms with van der Waals surface area (Å²) in [6.45, 7) is 1.98. The van der Waals surface area contributed by atoms with Crippen LogP contribution in [-0.4, -0.2) is 14.8 Å². The lowest BCUT2D eigenvalue weighted by molar-refractivity contribution is 0.771. The van der Waals surface area contributed by atoms with Gasteiger partial charge in [0.1, 0.15) is 4.99 Å². The Kier molecular flexibility index (Phi) is 3.10. The summed E-state index contributed by atoms with van der Waals surface area (Å²) in [7, 11) is 1.88. The summed E-state index contributed by atoms with van der Waals surface area (Å²) in [6.07, 6.45) is 1.89. The van der Waals surface area contributed by atoms with Crippen LogP contribution >= 0.6 is 12.2 Å². The average Bonchev–Trinajstić information content (AvgIpc) is 2.63. The monoisotopic (exact) mass is 246 g/mol. The van der Waals surface area contributed by atoms with Gasteiger partial charge in [-0.1, -0.05) is 12.2 Å². The number of nitrogens with two attached hydrogens (primary N) is 1. The van der Waals surface area contributed by atoms with Crippen molar-refractivity contribution in [2.75, 3.05) is 5.32 Å². The van der Waals surface area contributed by atoms with Crippen LogP contribution in [0.25, 0.3) is 0 Å². The first-order chi connectivity index (χ1) is 8.06. The van der Waals surface area contributed by atoms with Gasteiger partial charge in [0.05, 0.1) is 0 Å². The highest BCUT2D eigenvalue weighted by atomic mass is 32.1. The number of thiocarbonyl (C=S) groups is 1. The first-order valence-corrected chi connectivity index (χ1v) is 5.64. The Labute approximate surface area is 105 Å². The maximum absolute atomic E-state index is 5.62. The molecule has 0 spiro atoms. The van der Waals surface area contributed by atoms with Gasteiger partial charge in [-0.15, -0.1) is 0 Å². The lowest BCUT2D eigenvalue weighted by Crippen LogP contribution is -2.11. The maximum Gasteiger partial charge on any atom is 0.152 e. The number of nitrogens with zero attached hydrogens (tertiary/aromatic N) is 2. The smallest absolute Gasteiger partial charge is 0.152 e. The maximum atomic E-state index is 5.62. The molecule has 0 atom stereocenters. The number of benzene rings is 1. The molecule has 1 aromatic carbocycles. The molecule has 1 aromatic heterocycles. The first-order valence-electron chi connectivity index (χ1n) is 5.23. The Morgan fingerprint density at radius 1 is 1.41 bits per heavy atom. The van der Waals surface area contributed by atoms with Gasteiger partial charge in [-0.25, -0.2) is 0 Å². The molecule has 0 saturated heterocycles. The summed E-state index contributed by atoms with van der Waals surface area (Å²) < 4.78 is 1.75. The van der Waals surface area contributed by atoms with E-state index in [1.807, 2.05) is 44.4 Å². The van der Waals surface area contributed by atoms with E-state index in [2.05, 4.69) is 10.4 Å². The van der Waals surface area contributed by atoms with E-state index in [1.54, 1.807) is 4.68 Å². The summed E-state index contributed by atoms with van der Waals surface area (Å²) in [5.74, 6) is 0.815. The molecule has 1 heterocycles. The van der Waals surface area contributed by atoms with E-state index in [1.165, 1.54) is 0 Å². The van der Waals surface area contributed by atoms with Crippen LogP contribution in [0.5, 0.6) is 0 Å². The second kappa shape index (κ2) is 4.55. The molecule has 0 amide bonds. The van der Waals surface area contributed by atoms with Crippen molar-refractivity contribution in [3.63, 3.8) is 0 Å². The molecule has 0 radical (unpaired) electrons. The van der Waals surface area contributed by atoms with Gasteiger partial charge in [0.25, 0.3) is 0 Å². The molecule has 17 heavy (non-hydrogen) atoms. The molecule has 0 saturated carbocycles. The second-order valence-electron chi connectivity index (χ2n) is 3.89. The number of aromatic nitrogens is 2. The second-order valence-corrected chi connectivity index (χ2v) is 4.33. The highest BCUT2D eigenvalue weighted by Gasteiger charge is 2.03. The van der Waals surface area contributed by atoms with E-state index < -0.39 is 0 Å². The minimum Gasteiger partial charge on any atom is -0.389 e. The third-order valence-corrected chi connectivity index (χ3v) is 2.70. The molecule has 0 unspecified atom stereocenters. The number of anilines is 2. The van der Waals surface area contributed by atoms with Gasteiger partial charge in [0.15, 0.2) is 5.82 Å². The topological polar surface area (TPSA) is 55.9 Å². The number of aryl methyl sites for hydroxylation is 2. The fraction of sp³-hybridized carbons (Fsp3) is 0.167. The van der Waals surface area contributed by atoms with Gasteiger partial charge in [-0.05, 0) is 30.7 Å². The van der Waals surface area contributed by atoms with Gasteiger partial charge in [0.2, 0.25) is 0 Å². The molecule has 3 N–H and O–H groups in total. The molecule has 0 fully saturated rings. The molecule has 0 aliphatic rings. The summed E-state index contributed by atoms with van der Waals surface area (Å²) in [4.78, 5) is 0.423. The predicted octanol–water partition coefficient (Wildman–Crippen LogP) is 2.11. The van der Waals surface area contributed by atoms with Crippen LogP contribution < -0.4 is 11.1 Å². The van der Waals surface area contributed by atoms with Gasteiger partial charge in [-0.2, -0.15) is 5.10 Å². The fourth-order valence-corrected chi connectivity index (χ4v) is 1.88. The van der Waals surface area contributed by atoms with Crippen molar-refractivity contribution in [3.05, 3.63) is 41.6 Å². The third-order valence-electron chi connectivity index (χ3n) is 2.48. The van der Waals surface area contributed by atoms with Crippen molar-refractivity contribution in [1.29, 1.82) is 0 Å². The zero-order valence-electron chi connectivity index (χ0n) is 9.77. The summed E-state index contributed by atoms with van der Waals surface area (Å²) in [5, 5.41) is 7.46. The Morgan fingerprint density at radius 2 is 2.18 bits per heavy atom. The Hall–Kier alpha value is -1.88. The lowest BCUT2D eigenvalue weighted by atomic mass is 10.1. The minimum absolute atomic E-state index is 0.423. The summed E-state index contributed by atoms with van der Waals surface area (Å²) in [6, 6.07) is 7.78. The van der Waals surface area contributed by atoms with E-state index in [4.69, 9.17) is 18.0 Å². The van der Waals surface area contributed by atoms with E-state index in [9.17, 15) is 0 Å². The van der Waals surface area contributed by atoms with Gasteiger partial charge < -0.3 is 11.1 Å². The van der Waals surface area contributed by atoms with E-state index in [-0.39, 0.29) is 0 Å². The van der Waals surface area contributed by atoms with Gasteiger partial charge in [-0.3, -0.25) is 4.68 Å². The van der Waals surface area contributed by atoms with Crippen LogP contribution in [0.1, 0.15) is 11.1 Å². The van der Waals surface area contributed by atoms with E-state index in [0.717, 1.165) is 22.6 Å². The molecule has 5 heteroatoms. The van der Waals surface area contributed by atoms with Crippen LogP contribution in [0.15, 0.2) is 30.5 Å². The van der Waals surface area contributed by atoms with Crippen LogP contribution in [0.3, 0.4) is 0 Å². The van der Waals surface area contributed by atoms with Gasteiger partial charge >= 0.3 is 0 Å². The molecule has 4 nitrogen and oxygen atoms in total. The van der Waals surface area contributed by atoms with Crippen molar-refractivity contribution < 1.29 is 0 Å². The number of nitrogens with one attached hydrogen (secondary N) is 1. The molecule has 2 aromatic rings. The zero-order chi connectivity index (χ0) is 12.4. The summed E-state index contributed by atoms with van der Waals surface area (Å²) in [5.41, 5.74) is 8.55. The zero-order valence-corrected chi connectivity index (χ0v) is 10.6. The third kappa shape index (κ3) is 2.62. The molecule has 0 bridgehead atoms. The average molecular weight is 246 g/mol.